The minimum Gasteiger partial charge on any atom is -0.122 e. The lowest BCUT2D eigenvalue weighted by Crippen LogP contribution is -1.99. The molecule has 0 aromatic heterocycles. The van der Waals surface area contributed by atoms with Crippen LogP contribution in [0.2, 0.25) is 0 Å². The Labute approximate surface area is 84.7 Å². The fraction of sp³-hybridized carbons (Fsp3) is 0.500. The highest BCUT2D eigenvalue weighted by molar-refractivity contribution is 8.00. The summed E-state index contributed by atoms with van der Waals surface area (Å²) in [5.41, 5.74) is 1.56. The molecule has 0 nitrogen and oxygen atoms in total. The Hall–Kier alpha value is -0.430. The fourth-order valence-electron chi connectivity index (χ4n) is 1.85. The van der Waals surface area contributed by atoms with Gasteiger partial charge in [0, 0.05) is 10.1 Å². The number of benzene rings is 1. The van der Waals surface area contributed by atoms with Gasteiger partial charge in [-0.05, 0) is 24.5 Å². The summed E-state index contributed by atoms with van der Waals surface area (Å²) in [7, 11) is 0. The molecule has 0 aliphatic carbocycles. The number of hydrogen-bond acceptors (Lipinski definition) is 1. The van der Waals surface area contributed by atoms with Gasteiger partial charge in [0.1, 0.15) is 0 Å². The van der Waals surface area contributed by atoms with E-state index in [4.69, 9.17) is 0 Å². The molecule has 1 heteroatoms. The lowest BCUT2D eigenvalue weighted by Gasteiger charge is -2.05. The zero-order valence-electron chi connectivity index (χ0n) is 8.12. The second-order valence-corrected chi connectivity index (χ2v) is 5.04. The topological polar surface area (TPSA) is 0 Å². The van der Waals surface area contributed by atoms with Crippen LogP contribution in [0.4, 0.5) is 0 Å². The van der Waals surface area contributed by atoms with E-state index in [1.165, 1.54) is 30.6 Å². The summed E-state index contributed by atoms with van der Waals surface area (Å²) in [5.74, 6) is 0. The van der Waals surface area contributed by atoms with Crippen LogP contribution in [-0.2, 0) is 6.42 Å². The van der Waals surface area contributed by atoms with Crippen LogP contribution in [-0.4, -0.2) is 5.25 Å². The first-order chi connectivity index (χ1) is 6.40. The van der Waals surface area contributed by atoms with Gasteiger partial charge in [0.15, 0.2) is 0 Å². The molecule has 1 unspecified atom stereocenters. The van der Waals surface area contributed by atoms with Crippen LogP contribution in [0, 0.1) is 0 Å². The molecule has 0 saturated carbocycles. The van der Waals surface area contributed by atoms with Gasteiger partial charge >= 0.3 is 0 Å². The molecule has 0 spiro atoms. The van der Waals surface area contributed by atoms with Crippen molar-refractivity contribution < 1.29 is 0 Å². The van der Waals surface area contributed by atoms with E-state index >= 15 is 0 Å². The average molecular weight is 192 g/mol. The van der Waals surface area contributed by atoms with Crippen molar-refractivity contribution in [3.05, 3.63) is 29.8 Å². The smallest absolute Gasteiger partial charge is 0.0135 e. The van der Waals surface area contributed by atoms with Crippen molar-refractivity contribution in [2.24, 2.45) is 0 Å². The monoisotopic (exact) mass is 192 g/mol. The second kappa shape index (κ2) is 4.19. The number of thioether (sulfide) groups is 1. The van der Waals surface area contributed by atoms with Gasteiger partial charge in [-0.15, -0.1) is 11.8 Å². The van der Waals surface area contributed by atoms with Crippen molar-refractivity contribution in [3.63, 3.8) is 0 Å². The molecule has 1 aromatic rings. The van der Waals surface area contributed by atoms with E-state index < -0.39 is 0 Å². The quantitative estimate of drug-likeness (QED) is 0.700. The number of fused-ring (bicyclic) bond motifs is 1. The molecule has 1 heterocycles. The predicted octanol–water partition coefficient (Wildman–Crippen LogP) is 3.89. The first kappa shape index (κ1) is 9.14. The van der Waals surface area contributed by atoms with Gasteiger partial charge in [-0.2, -0.15) is 0 Å². The Balaban J connectivity index is 1.97. The Bertz CT molecular complexity index is 255. The van der Waals surface area contributed by atoms with Crippen LogP contribution >= 0.6 is 11.8 Å². The molecule has 0 amide bonds. The molecule has 70 valence electrons. The summed E-state index contributed by atoms with van der Waals surface area (Å²) in [6.07, 6.45) is 5.38. The van der Waals surface area contributed by atoms with E-state index in [9.17, 15) is 0 Å². The van der Waals surface area contributed by atoms with Crippen LogP contribution < -0.4 is 0 Å². The average Bonchev–Trinajstić information content (AvgIpc) is 2.57. The molecule has 1 aliphatic heterocycles. The Morgan fingerprint density at radius 3 is 3.00 bits per heavy atom. The number of hydrogen-bond donors (Lipinski definition) is 0. The van der Waals surface area contributed by atoms with Gasteiger partial charge in [0.25, 0.3) is 0 Å². The molecule has 1 atom stereocenters. The van der Waals surface area contributed by atoms with Gasteiger partial charge < -0.3 is 0 Å². The number of rotatable bonds is 3. The Kier molecular flexibility index (Phi) is 2.94. The second-order valence-electron chi connectivity index (χ2n) is 3.69. The molecule has 0 saturated heterocycles. The predicted molar refractivity (Wildman–Crippen MR) is 59.3 cm³/mol. The zero-order valence-corrected chi connectivity index (χ0v) is 8.94. The minimum atomic E-state index is 0.859. The molecular formula is C12H16S. The van der Waals surface area contributed by atoms with Gasteiger partial charge in [-0.1, -0.05) is 38.0 Å². The SMILES string of the molecule is CCCCC1Cc2ccccc2S1. The van der Waals surface area contributed by atoms with Crippen molar-refractivity contribution in [3.8, 4) is 0 Å². The maximum Gasteiger partial charge on any atom is 0.0135 e. The summed E-state index contributed by atoms with van der Waals surface area (Å²) in [5, 5.41) is 0.859. The maximum absolute atomic E-state index is 2.27. The number of unbranched alkanes of at least 4 members (excludes halogenated alkanes) is 1. The van der Waals surface area contributed by atoms with Crippen LogP contribution in [0.25, 0.3) is 0 Å². The first-order valence-electron chi connectivity index (χ1n) is 5.14. The van der Waals surface area contributed by atoms with Gasteiger partial charge in [-0.25, -0.2) is 0 Å². The highest BCUT2D eigenvalue weighted by Crippen LogP contribution is 2.38. The minimum absolute atomic E-state index is 0.859. The Morgan fingerprint density at radius 2 is 2.23 bits per heavy atom. The summed E-state index contributed by atoms with van der Waals surface area (Å²) < 4.78 is 0. The van der Waals surface area contributed by atoms with Crippen molar-refractivity contribution in [2.45, 2.75) is 42.8 Å². The fourth-order valence-corrected chi connectivity index (χ4v) is 3.21. The van der Waals surface area contributed by atoms with E-state index in [1.54, 1.807) is 5.56 Å². The van der Waals surface area contributed by atoms with E-state index in [0.29, 0.717) is 0 Å². The zero-order chi connectivity index (χ0) is 9.10. The molecule has 2 rings (SSSR count). The van der Waals surface area contributed by atoms with Crippen molar-refractivity contribution in [1.29, 1.82) is 0 Å². The molecule has 0 N–H and O–H groups in total. The lowest BCUT2D eigenvalue weighted by molar-refractivity contribution is 0.687. The van der Waals surface area contributed by atoms with E-state index in [1.807, 2.05) is 0 Å². The van der Waals surface area contributed by atoms with Crippen molar-refractivity contribution >= 4 is 11.8 Å². The van der Waals surface area contributed by atoms with Crippen molar-refractivity contribution in [2.75, 3.05) is 0 Å². The van der Waals surface area contributed by atoms with Gasteiger partial charge in [0.05, 0.1) is 0 Å². The molecule has 1 aliphatic rings. The summed E-state index contributed by atoms with van der Waals surface area (Å²) in [4.78, 5) is 1.52. The standard InChI is InChI=1S/C12H16S/c1-2-3-7-11-9-10-6-4-5-8-12(10)13-11/h4-6,8,11H,2-3,7,9H2,1H3. The van der Waals surface area contributed by atoms with Gasteiger partial charge in [0.2, 0.25) is 0 Å². The first-order valence-corrected chi connectivity index (χ1v) is 6.02. The van der Waals surface area contributed by atoms with Crippen LogP contribution in [0.3, 0.4) is 0 Å². The molecule has 13 heavy (non-hydrogen) atoms. The van der Waals surface area contributed by atoms with Crippen LogP contribution in [0.5, 0.6) is 0 Å². The van der Waals surface area contributed by atoms with E-state index in [2.05, 4.69) is 43.0 Å². The summed E-state index contributed by atoms with van der Waals surface area (Å²) in [6, 6.07) is 8.83. The molecule has 0 radical (unpaired) electrons. The van der Waals surface area contributed by atoms with E-state index in [0.717, 1.165) is 5.25 Å². The highest BCUT2D eigenvalue weighted by atomic mass is 32.2. The van der Waals surface area contributed by atoms with Gasteiger partial charge in [-0.3, -0.25) is 0 Å². The third kappa shape index (κ3) is 2.08. The molecule has 0 fully saturated rings. The lowest BCUT2D eigenvalue weighted by atomic mass is 10.1. The molecular weight excluding hydrogens is 176 g/mol. The summed E-state index contributed by atoms with van der Waals surface area (Å²) in [6.45, 7) is 2.27. The third-order valence-corrected chi connectivity index (χ3v) is 3.98. The van der Waals surface area contributed by atoms with Crippen LogP contribution in [0.15, 0.2) is 29.2 Å². The normalized spacial score (nSPS) is 20.2. The summed E-state index contributed by atoms with van der Waals surface area (Å²) >= 11 is 2.08. The highest BCUT2D eigenvalue weighted by Gasteiger charge is 2.20. The maximum atomic E-state index is 2.27. The Morgan fingerprint density at radius 1 is 1.38 bits per heavy atom. The molecule has 1 aromatic carbocycles. The van der Waals surface area contributed by atoms with Crippen molar-refractivity contribution in [1.82, 2.24) is 0 Å². The largest absolute Gasteiger partial charge is 0.122 e. The van der Waals surface area contributed by atoms with E-state index in [-0.39, 0.29) is 0 Å². The third-order valence-electron chi connectivity index (χ3n) is 2.59. The molecule has 0 bridgehead atoms. The van der Waals surface area contributed by atoms with Crippen LogP contribution in [0.1, 0.15) is 31.7 Å².